The molecule has 1 amide bonds. The largest absolute Gasteiger partial charge is 0.489 e. The third-order valence-corrected chi connectivity index (χ3v) is 4.76. The Balaban J connectivity index is 1.52. The number of pyridine rings is 1. The number of halogens is 2. The SMILES string of the molecule is CC(=O)N[C@@H](C)COc1cc2oc(-c3ccc(OCC4CC4)c(OC(F)F)c3)nc2cn1. The molecule has 1 saturated carbocycles. The first-order chi connectivity index (χ1) is 15.4. The zero-order valence-electron chi connectivity index (χ0n) is 17.6. The van der Waals surface area contributed by atoms with Gasteiger partial charge in [0, 0.05) is 18.6 Å². The van der Waals surface area contributed by atoms with Gasteiger partial charge in [-0.05, 0) is 43.9 Å². The summed E-state index contributed by atoms with van der Waals surface area (Å²) in [6, 6.07) is 6.05. The maximum Gasteiger partial charge on any atom is 0.387 e. The quantitative estimate of drug-likeness (QED) is 0.498. The van der Waals surface area contributed by atoms with Crippen LogP contribution in [0.1, 0.15) is 26.7 Å². The number of oxazole rings is 1. The Morgan fingerprint density at radius 3 is 2.78 bits per heavy atom. The van der Waals surface area contributed by atoms with E-state index < -0.39 is 6.61 Å². The van der Waals surface area contributed by atoms with Gasteiger partial charge < -0.3 is 23.9 Å². The fraction of sp³-hybridized carbons (Fsp3) is 0.409. The van der Waals surface area contributed by atoms with Crippen molar-refractivity contribution >= 4 is 17.0 Å². The van der Waals surface area contributed by atoms with Crippen molar-refractivity contribution in [1.82, 2.24) is 15.3 Å². The second-order valence-corrected chi connectivity index (χ2v) is 7.72. The number of aromatic nitrogens is 2. The zero-order valence-corrected chi connectivity index (χ0v) is 17.6. The Hall–Kier alpha value is -3.43. The van der Waals surface area contributed by atoms with Crippen molar-refractivity contribution in [3.63, 3.8) is 0 Å². The lowest BCUT2D eigenvalue weighted by molar-refractivity contribution is -0.119. The molecule has 2 aromatic heterocycles. The van der Waals surface area contributed by atoms with Crippen molar-refractivity contribution in [1.29, 1.82) is 0 Å². The average molecular weight is 447 g/mol. The molecule has 1 atom stereocenters. The van der Waals surface area contributed by atoms with Crippen LogP contribution in [-0.4, -0.2) is 41.7 Å². The third-order valence-electron chi connectivity index (χ3n) is 4.76. The van der Waals surface area contributed by atoms with Gasteiger partial charge >= 0.3 is 6.61 Å². The fourth-order valence-corrected chi connectivity index (χ4v) is 3.06. The zero-order chi connectivity index (χ0) is 22.7. The maximum absolute atomic E-state index is 12.9. The number of hydrogen-bond donors (Lipinski definition) is 1. The van der Waals surface area contributed by atoms with Gasteiger partial charge in [0.1, 0.15) is 12.1 Å². The Morgan fingerprint density at radius 1 is 1.25 bits per heavy atom. The molecule has 8 nitrogen and oxygen atoms in total. The van der Waals surface area contributed by atoms with Crippen LogP contribution in [0.25, 0.3) is 22.6 Å². The molecule has 1 N–H and O–H groups in total. The van der Waals surface area contributed by atoms with Gasteiger partial charge in [-0.15, -0.1) is 0 Å². The predicted octanol–water partition coefficient (Wildman–Crippen LogP) is 4.18. The van der Waals surface area contributed by atoms with E-state index in [4.69, 9.17) is 13.9 Å². The summed E-state index contributed by atoms with van der Waals surface area (Å²) in [5, 5.41) is 2.71. The number of nitrogens with zero attached hydrogens (tertiary/aromatic N) is 2. The predicted molar refractivity (Wildman–Crippen MR) is 111 cm³/mol. The number of nitrogens with one attached hydrogen (secondary N) is 1. The molecule has 170 valence electrons. The standard InChI is InChI=1S/C22H23F2N3O5/c1-12(26-13(2)28)10-30-20-8-18-16(9-25-20)27-21(31-18)15-5-6-17(29-11-14-3-4-14)19(7-15)32-22(23)24/h5-9,12,14,22H,3-4,10-11H2,1-2H3,(H,26,28)/t12-/m0/s1. The third kappa shape index (κ3) is 5.63. The fourth-order valence-electron chi connectivity index (χ4n) is 3.06. The van der Waals surface area contributed by atoms with E-state index in [-0.39, 0.29) is 35.9 Å². The topological polar surface area (TPSA) is 95.7 Å². The summed E-state index contributed by atoms with van der Waals surface area (Å²) in [6.45, 7) is 0.956. The number of alkyl halides is 2. The first-order valence-electron chi connectivity index (χ1n) is 10.3. The van der Waals surface area contributed by atoms with Crippen molar-refractivity contribution in [2.24, 2.45) is 5.92 Å². The van der Waals surface area contributed by atoms with E-state index in [0.29, 0.717) is 35.1 Å². The van der Waals surface area contributed by atoms with Crippen LogP contribution in [0, 0.1) is 5.92 Å². The van der Waals surface area contributed by atoms with Gasteiger partial charge in [0.05, 0.1) is 18.8 Å². The molecule has 2 heterocycles. The maximum atomic E-state index is 12.9. The Morgan fingerprint density at radius 2 is 2.06 bits per heavy atom. The summed E-state index contributed by atoms with van der Waals surface area (Å²) >= 11 is 0. The van der Waals surface area contributed by atoms with E-state index in [1.807, 2.05) is 6.92 Å². The normalized spacial score (nSPS) is 14.4. The van der Waals surface area contributed by atoms with E-state index in [1.54, 1.807) is 18.2 Å². The van der Waals surface area contributed by atoms with E-state index in [2.05, 4.69) is 20.0 Å². The monoisotopic (exact) mass is 447 g/mol. The number of carbonyl (C=O) groups is 1. The lowest BCUT2D eigenvalue weighted by Gasteiger charge is -2.12. The minimum Gasteiger partial charge on any atom is -0.489 e. The molecular formula is C22H23F2N3O5. The van der Waals surface area contributed by atoms with Crippen LogP contribution < -0.4 is 19.5 Å². The Labute approximate surface area is 182 Å². The van der Waals surface area contributed by atoms with Crippen molar-refractivity contribution in [3.05, 3.63) is 30.5 Å². The van der Waals surface area contributed by atoms with Crippen LogP contribution in [0.2, 0.25) is 0 Å². The molecule has 1 aromatic carbocycles. The first-order valence-corrected chi connectivity index (χ1v) is 10.3. The van der Waals surface area contributed by atoms with E-state index in [1.165, 1.54) is 19.2 Å². The molecule has 1 fully saturated rings. The summed E-state index contributed by atoms with van der Waals surface area (Å²) in [5.74, 6) is 1.03. The van der Waals surface area contributed by atoms with Gasteiger partial charge in [-0.25, -0.2) is 9.97 Å². The first kappa shape index (κ1) is 21.8. The van der Waals surface area contributed by atoms with Crippen LogP contribution in [0.15, 0.2) is 34.9 Å². The lowest BCUT2D eigenvalue weighted by Crippen LogP contribution is -2.35. The number of carbonyl (C=O) groups excluding carboxylic acids is 1. The van der Waals surface area contributed by atoms with Gasteiger partial charge in [-0.1, -0.05) is 0 Å². The number of amides is 1. The van der Waals surface area contributed by atoms with Gasteiger partial charge in [0.25, 0.3) is 0 Å². The van der Waals surface area contributed by atoms with E-state index in [0.717, 1.165) is 12.8 Å². The van der Waals surface area contributed by atoms with Crippen molar-refractivity contribution < 1.29 is 32.2 Å². The van der Waals surface area contributed by atoms with Crippen molar-refractivity contribution in [3.8, 4) is 28.8 Å². The molecule has 0 radical (unpaired) electrons. The van der Waals surface area contributed by atoms with Crippen LogP contribution >= 0.6 is 0 Å². The number of benzene rings is 1. The Bertz CT molecular complexity index is 1100. The summed E-state index contributed by atoms with van der Waals surface area (Å²) in [7, 11) is 0. The van der Waals surface area contributed by atoms with Gasteiger partial charge in [0.2, 0.25) is 17.7 Å². The number of ether oxygens (including phenoxy) is 3. The van der Waals surface area contributed by atoms with E-state index in [9.17, 15) is 13.6 Å². The van der Waals surface area contributed by atoms with Gasteiger partial charge in [0.15, 0.2) is 17.1 Å². The molecule has 0 spiro atoms. The second kappa shape index (κ2) is 9.37. The number of rotatable bonds is 10. The highest BCUT2D eigenvalue weighted by atomic mass is 19.3. The summed E-state index contributed by atoms with van der Waals surface area (Å²) in [5.41, 5.74) is 1.35. The number of hydrogen-bond acceptors (Lipinski definition) is 7. The van der Waals surface area contributed by atoms with Crippen LogP contribution in [-0.2, 0) is 4.79 Å². The molecular weight excluding hydrogens is 424 g/mol. The lowest BCUT2D eigenvalue weighted by atomic mass is 10.2. The summed E-state index contributed by atoms with van der Waals surface area (Å²) < 4.78 is 47.4. The Kier molecular flexibility index (Phi) is 6.38. The molecule has 0 unspecified atom stereocenters. The van der Waals surface area contributed by atoms with E-state index >= 15 is 0 Å². The highest BCUT2D eigenvalue weighted by Crippen LogP contribution is 2.37. The summed E-state index contributed by atoms with van der Waals surface area (Å²) in [6.07, 6.45) is 3.65. The molecule has 3 aromatic rings. The minimum atomic E-state index is -2.99. The molecule has 4 rings (SSSR count). The minimum absolute atomic E-state index is 0.0745. The second-order valence-electron chi connectivity index (χ2n) is 7.72. The van der Waals surface area contributed by atoms with Gasteiger partial charge in [-0.3, -0.25) is 4.79 Å². The molecule has 0 bridgehead atoms. The van der Waals surface area contributed by atoms with Crippen LogP contribution in [0.3, 0.4) is 0 Å². The molecule has 10 heteroatoms. The smallest absolute Gasteiger partial charge is 0.387 e. The molecule has 1 aliphatic rings. The van der Waals surface area contributed by atoms with Gasteiger partial charge in [-0.2, -0.15) is 8.78 Å². The average Bonchev–Trinajstić information content (AvgIpc) is 3.46. The number of fused-ring (bicyclic) bond motifs is 1. The van der Waals surface area contributed by atoms with Crippen molar-refractivity contribution in [2.45, 2.75) is 39.3 Å². The summed E-state index contributed by atoms with van der Waals surface area (Å²) in [4.78, 5) is 19.6. The highest BCUT2D eigenvalue weighted by molar-refractivity contribution is 5.76. The molecule has 32 heavy (non-hydrogen) atoms. The van der Waals surface area contributed by atoms with Crippen molar-refractivity contribution in [2.75, 3.05) is 13.2 Å². The molecule has 0 aliphatic heterocycles. The van der Waals surface area contributed by atoms with Crippen LogP contribution in [0.4, 0.5) is 8.78 Å². The highest BCUT2D eigenvalue weighted by Gasteiger charge is 2.23. The molecule has 1 aliphatic carbocycles. The van der Waals surface area contributed by atoms with Crippen LogP contribution in [0.5, 0.6) is 17.4 Å². The molecule has 0 saturated heterocycles.